The zero-order valence-corrected chi connectivity index (χ0v) is 10.3. The summed E-state index contributed by atoms with van der Waals surface area (Å²) in [6, 6.07) is 6.79. The first-order valence-electron chi connectivity index (χ1n) is 5.62. The summed E-state index contributed by atoms with van der Waals surface area (Å²) in [6.07, 6.45) is 1.81. The molecule has 1 aromatic carbocycles. The molecule has 0 aliphatic heterocycles. The van der Waals surface area contributed by atoms with Crippen LogP contribution in [-0.2, 0) is 13.6 Å². The number of phenols is 1. The minimum Gasteiger partial charge on any atom is -0.507 e. The fourth-order valence-corrected chi connectivity index (χ4v) is 1.66. The van der Waals surface area contributed by atoms with Gasteiger partial charge in [0, 0.05) is 13.2 Å². The van der Waals surface area contributed by atoms with Gasteiger partial charge in [0.2, 0.25) is 0 Å². The third-order valence-electron chi connectivity index (χ3n) is 2.60. The van der Waals surface area contributed by atoms with E-state index in [1.54, 1.807) is 22.9 Å². The highest BCUT2D eigenvalue weighted by molar-refractivity contribution is 5.96. The first kappa shape index (κ1) is 12.2. The van der Waals surface area contributed by atoms with Crippen LogP contribution in [0.3, 0.4) is 0 Å². The highest BCUT2D eigenvalue weighted by Crippen LogP contribution is 2.18. The molecule has 0 fully saturated rings. The molecule has 0 atom stereocenters. The standard InChI is InChI=1S/C13H15N3O2/c1-9-3-4-11(12(17)7-9)13(18)14-8-10-5-6-16(2)15-10/h3-7,17H,8H2,1-2H3,(H,14,18). The summed E-state index contributed by atoms with van der Waals surface area (Å²) >= 11 is 0. The van der Waals surface area contributed by atoms with Crippen molar-refractivity contribution in [1.29, 1.82) is 0 Å². The molecule has 0 spiro atoms. The van der Waals surface area contributed by atoms with Gasteiger partial charge in [-0.05, 0) is 30.7 Å². The molecule has 1 aromatic heterocycles. The van der Waals surface area contributed by atoms with Crippen molar-refractivity contribution in [1.82, 2.24) is 15.1 Å². The predicted octanol–water partition coefficient (Wildman–Crippen LogP) is 1.36. The summed E-state index contributed by atoms with van der Waals surface area (Å²) < 4.78 is 1.67. The number of amides is 1. The van der Waals surface area contributed by atoms with Crippen LogP contribution in [0, 0.1) is 6.92 Å². The minimum absolute atomic E-state index is 0.00600. The van der Waals surface area contributed by atoms with Crippen LogP contribution < -0.4 is 5.32 Å². The average Bonchev–Trinajstić information content (AvgIpc) is 2.72. The Morgan fingerprint density at radius 3 is 2.83 bits per heavy atom. The highest BCUT2D eigenvalue weighted by atomic mass is 16.3. The van der Waals surface area contributed by atoms with Crippen LogP contribution in [-0.4, -0.2) is 20.8 Å². The van der Waals surface area contributed by atoms with Crippen LogP contribution in [0.25, 0.3) is 0 Å². The van der Waals surface area contributed by atoms with Crippen molar-refractivity contribution < 1.29 is 9.90 Å². The number of aromatic hydroxyl groups is 1. The van der Waals surface area contributed by atoms with Crippen LogP contribution in [0.5, 0.6) is 5.75 Å². The van der Waals surface area contributed by atoms with Crippen molar-refractivity contribution in [3.8, 4) is 5.75 Å². The molecule has 2 aromatic rings. The lowest BCUT2D eigenvalue weighted by Gasteiger charge is -2.06. The number of rotatable bonds is 3. The molecule has 0 saturated heterocycles. The Labute approximate surface area is 105 Å². The number of aromatic nitrogens is 2. The van der Waals surface area contributed by atoms with Crippen LogP contribution in [0.1, 0.15) is 21.6 Å². The zero-order valence-electron chi connectivity index (χ0n) is 10.3. The van der Waals surface area contributed by atoms with Crippen molar-refractivity contribution >= 4 is 5.91 Å². The number of nitrogens with zero attached hydrogens (tertiary/aromatic N) is 2. The Morgan fingerprint density at radius 1 is 1.44 bits per heavy atom. The maximum atomic E-state index is 11.9. The second kappa shape index (κ2) is 4.91. The van der Waals surface area contributed by atoms with Crippen LogP contribution in [0.4, 0.5) is 0 Å². The first-order chi connectivity index (χ1) is 8.56. The van der Waals surface area contributed by atoms with E-state index in [0.29, 0.717) is 6.54 Å². The Hall–Kier alpha value is -2.30. The monoisotopic (exact) mass is 245 g/mol. The van der Waals surface area contributed by atoms with Crippen molar-refractivity contribution in [2.45, 2.75) is 13.5 Å². The van der Waals surface area contributed by atoms with Gasteiger partial charge < -0.3 is 10.4 Å². The number of aryl methyl sites for hydroxylation is 2. The summed E-state index contributed by atoms with van der Waals surface area (Å²) in [5, 5.41) is 16.5. The normalized spacial score (nSPS) is 10.3. The number of nitrogens with one attached hydrogen (secondary N) is 1. The number of hydrogen-bond acceptors (Lipinski definition) is 3. The quantitative estimate of drug-likeness (QED) is 0.858. The molecule has 1 amide bonds. The van der Waals surface area contributed by atoms with E-state index in [-0.39, 0.29) is 17.2 Å². The van der Waals surface area contributed by atoms with Gasteiger partial charge in [-0.15, -0.1) is 0 Å². The van der Waals surface area contributed by atoms with E-state index >= 15 is 0 Å². The summed E-state index contributed by atoms with van der Waals surface area (Å²) in [5.41, 5.74) is 1.96. The molecule has 0 bridgehead atoms. The van der Waals surface area contributed by atoms with Gasteiger partial charge >= 0.3 is 0 Å². The number of benzene rings is 1. The minimum atomic E-state index is -0.307. The van der Waals surface area contributed by atoms with E-state index in [9.17, 15) is 9.90 Å². The van der Waals surface area contributed by atoms with Gasteiger partial charge in [-0.2, -0.15) is 5.10 Å². The van der Waals surface area contributed by atoms with E-state index in [0.717, 1.165) is 11.3 Å². The molecule has 0 radical (unpaired) electrons. The number of hydrogen-bond donors (Lipinski definition) is 2. The number of phenolic OH excluding ortho intramolecular Hbond substituents is 1. The van der Waals surface area contributed by atoms with Crippen LogP contribution >= 0.6 is 0 Å². The molecule has 2 N–H and O–H groups in total. The summed E-state index contributed by atoms with van der Waals surface area (Å²) in [4.78, 5) is 11.9. The lowest BCUT2D eigenvalue weighted by Crippen LogP contribution is -2.23. The van der Waals surface area contributed by atoms with Gasteiger partial charge in [0.1, 0.15) is 5.75 Å². The molecule has 1 heterocycles. The third kappa shape index (κ3) is 2.68. The van der Waals surface area contributed by atoms with Crippen molar-refractivity contribution in [2.24, 2.45) is 7.05 Å². The summed E-state index contributed by atoms with van der Waals surface area (Å²) in [5.74, 6) is -0.313. The zero-order chi connectivity index (χ0) is 13.1. The molecule has 0 saturated carbocycles. The lowest BCUT2D eigenvalue weighted by molar-refractivity contribution is 0.0947. The highest BCUT2D eigenvalue weighted by Gasteiger charge is 2.10. The van der Waals surface area contributed by atoms with Gasteiger partial charge in [0.25, 0.3) is 5.91 Å². The molecule has 0 aliphatic rings. The maximum absolute atomic E-state index is 11.9. The molecule has 94 valence electrons. The van der Waals surface area contributed by atoms with Gasteiger partial charge in [0.15, 0.2) is 0 Å². The van der Waals surface area contributed by atoms with E-state index in [4.69, 9.17) is 0 Å². The fourth-order valence-electron chi connectivity index (χ4n) is 1.66. The largest absolute Gasteiger partial charge is 0.507 e. The second-order valence-corrected chi connectivity index (χ2v) is 4.18. The number of carbonyl (C=O) groups is 1. The van der Waals surface area contributed by atoms with Crippen molar-refractivity contribution in [3.05, 3.63) is 47.3 Å². The summed E-state index contributed by atoms with van der Waals surface area (Å²) in [7, 11) is 1.82. The molecule has 0 aliphatic carbocycles. The topological polar surface area (TPSA) is 67.2 Å². The van der Waals surface area contributed by atoms with E-state index in [1.807, 2.05) is 26.2 Å². The molecular formula is C13H15N3O2. The Balaban J connectivity index is 2.03. The van der Waals surface area contributed by atoms with Gasteiger partial charge in [-0.25, -0.2) is 0 Å². The Morgan fingerprint density at radius 2 is 2.22 bits per heavy atom. The average molecular weight is 245 g/mol. The molecule has 5 heteroatoms. The molecule has 5 nitrogen and oxygen atoms in total. The van der Waals surface area contributed by atoms with E-state index in [2.05, 4.69) is 10.4 Å². The molecule has 18 heavy (non-hydrogen) atoms. The van der Waals surface area contributed by atoms with Gasteiger partial charge in [-0.1, -0.05) is 6.07 Å². The Bertz CT molecular complexity index is 575. The maximum Gasteiger partial charge on any atom is 0.255 e. The summed E-state index contributed by atoms with van der Waals surface area (Å²) in [6.45, 7) is 2.20. The predicted molar refractivity (Wildman–Crippen MR) is 67.2 cm³/mol. The van der Waals surface area contributed by atoms with Crippen LogP contribution in [0.15, 0.2) is 30.5 Å². The molecule has 0 unspecified atom stereocenters. The first-order valence-corrected chi connectivity index (χ1v) is 5.62. The van der Waals surface area contributed by atoms with Crippen LogP contribution in [0.2, 0.25) is 0 Å². The lowest BCUT2D eigenvalue weighted by atomic mass is 10.1. The van der Waals surface area contributed by atoms with Crippen molar-refractivity contribution in [2.75, 3.05) is 0 Å². The molecular weight excluding hydrogens is 230 g/mol. The number of carbonyl (C=O) groups excluding carboxylic acids is 1. The van der Waals surface area contributed by atoms with Gasteiger partial charge in [-0.3, -0.25) is 9.48 Å². The van der Waals surface area contributed by atoms with Crippen molar-refractivity contribution in [3.63, 3.8) is 0 Å². The van der Waals surface area contributed by atoms with Gasteiger partial charge in [0.05, 0.1) is 17.8 Å². The third-order valence-corrected chi connectivity index (χ3v) is 2.60. The van der Waals surface area contributed by atoms with E-state index in [1.165, 1.54) is 0 Å². The second-order valence-electron chi connectivity index (χ2n) is 4.18. The fraction of sp³-hybridized carbons (Fsp3) is 0.231. The van der Waals surface area contributed by atoms with E-state index < -0.39 is 0 Å². The Kier molecular flexibility index (Phi) is 3.32. The SMILES string of the molecule is Cc1ccc(C(=O)NCc2ccn(C)n2)c(O)c1. The smallest absolute Gasteiger partial charge is 0.255 e. The molecule has 2 rings (SSSR count).